The van der Waals surface area contributed by atoms with E-state index in [0.717, 1.165) is 43.0 Å². The van der Waals surface area contributed by atoms with Crippen LogP contribution in [0.1, 0.15) is 42.6 Å². The summed E-state index contributed by atoms with van der Waals surface area (Å²) < 4.78 is 7.49. The Morgan fingerprint density at radius 3 is 3.12 bits per heavy atom. The maximum absolute atomic E-state index is 12.7. The van der Waals surface area contributed by atoms with Crippen LogP contribution in [0.3, 0.4) is 0 Å². The lowest BCUT2D eigenvalue weighted by Gasteiger charge is -2.32. The van der Waals surface area contributed by atoms with Crippen molar-refractivity contribution in [3.63, 3.8) is 0 Å². The number of aryl methyl sites for hydroxylation is 1. The van der Waals surface area contributed by atoms with Gasteiger partial charge in [0, 0.05) is 31.2 Å². The Bertz CT molecular complexity index is 773. The Balaban J connectivity index is 1.43. The fourth-order valence-corrected chi connectivity index (χ4v) is 3.65. The molecule has 0 radical (unpaired) electrons. The molecule has 7 heteroatoms. The van der Waals surface area contributed by atoms with Crippen LogP contribution in [-0.4, -0.2) is 38.8 Å². The first-order valence-electron chi connectivity index (χ1n) is 8.87. The number of carbonyl (C=O) groups is 1. The number of likely N-dealkylation sites (tertiary alicyclic amines) is 1. The van der Waals surface area contributed by atoms with Gasteiger partial charge in [-0.25, -0.2) is 4.79 Å². The molecule has 0 bridgehead atoms. The van der Waals surface area contributed by atoms with Crippen LogP contribution >= 0.6 is 0 Å². The number of benzene rings is 1. The number of rotatable bonds is 3. The van der Waals surface area contributed by atoms with Gasteiger partial charge >= 0.3 is 6.03 Å². The average Bonchev–Trinajstić information content (AvgIpc) is 3.30. The zero-order valence-corrected chi connectivity index (χ0v) is 14.4. The number of nitrogens with zero attached hydrogens (tertiary/aromatic N) is 4. The lowest BCUT2D eigenvalue weighted by molar-refractivity contribution is 0.134. The summed E-state index contributed by atoms with van der Waals surface area (Å²) in [6.07, 6.45) is 3.78. The van der Waals surface area contributed by atoms with E-state index in [1.165, 1.54) is 5.56 Å². The monoisotopic (exact) mass is 341 g/mol. The third-order valence-electron chi connectivity index (χ3n) is 5.03. The Labute approximate surface area is 147 Å². The van der Waals surface area contributed by atoms with Crippen molar-refractivity contribution >= 4 is 11.7 Å². The first kappa shape index (κ1) is 16.1. The van der Waals surface area contributed by atoms with Gasteiger partial charge in [0.05, 0.1) is 13.2 Å². The van der Waals surface area contributed by atoms with E-state index in [4.69, 9.17) is 4.74 Å². The van der Waals surface area contributed by atoms with E-state index < -0.39 is 0 Å². The molecule has 132 valence electrons. The zero-order valence-electron chi connectivity index (χ0n) is 14.4. The molecule has 2 aromatic rings. The van der Waals surface area contributed by atoms with Crippen LogP contribution in [0.5, 0.6) is 0 Å². The maximum atomic E-state index is 12.7. The van der Waals surface area contributed by atoms with Gasteiger partial charge in [-0.05, 0) is 43.0 Å². The molecule has 4 rings (SSSR count). The summed E-state index contributed by atoms with van der Waals surface area (Å²) in [5.74, 6) is 1.23. The molecule has 0 spiro atoms. The molecule has 25 heavy (non-hydrogen) atoms. The molecule has 7 nitrogen and oxygen atoms in total. The highest BCUT2D eigenvalue weighted by molar-refractivity contribution is 5.89. The minimum Gasteiger partial charge on any atom is -0.372 e. The SMILES string of the molecule is CCn1cnnc1[C@H]1CCCN(C(=O)Nc2ccc3c(c2)COC3)C1. The van der Waals surface area contributed by atoms with E-state index in [0.29, 0.717) is 19.8 Å². The summed E-state index contributed by atoms with van der Waals surface area (Å²) in [5, 5.41) is 11.3. The van der Waals surface area contributed by atoms with Crippen LogP contribution in [0.4, 0.5) is 10.5 Å². The summed E-state index contributed by atoms with van der Waals surface area (Å²) in [5.41, 5.74) is 3.19. The number of piperidine rings is 1. The number of nitrogens with one attached hydrogen (secondary N) is 1. The molecule has 1 N–H and O–H groups in total. The molecule has 3 heterocycles. The van der Waals surface area contributed by atoms with E-state index in [1.807, 2.05) is 23.1 Å². The van der Waals surface area contributed by atoms with Gasteiger partial charge in [0.2, 0.25) is 0 Å². The number of hydrogen-bond acceptors (Lipinski definition) is 4. The number of urea groups is 1. The van der Waals surface area contributed by atoms with Crippen LogP contribution in [0.2, 0.25) is 0 Å². The van der Waals surface area contributed by atoms with Crippen LogP contribution in [0.15, 0.2) is 24.5 Å². The molecular formula is C18H23N5O2. The molecule has 2 aliphatic rings. The van der Waals surface area contributed by atoms with E-state index in [9.17, 15) is 4.79 Å². The summed E-state index contributed by atoms with van der Waals surface area (Å²) in [7, 11) is 0. The molecule has 0 saturated carbocycles. The van der Waals surface area contributed by atoms with Gasteiger partial charge in [-0.15, -0.1) is 10.2 Å². The van der Waals surface area contributed by atoms with E-state index in [-0.39, 0.29) is 11.9 Å². The minimum absolute atomic E-state index is 0.0499. The van der Waals surface area contributed by atoms with Crippen molar-refractivity contribution in [2.24, 2.45) is 0 Å². The van der Waals surface area contributed by atoms with Gasteiger partial charge in [0.1, 0.15) is 12.2 Å². The van der Waals surface area contributed by atoms with Crippen molar-refractivity contribution in [1.82, 2.24) is 19.7 Å². The first-order valence-corrected chi connectivity index (χ1v) is 8.87. The van der Waals surface area contributed by atoms with Crippen molar-refractivity contribution < 1.29 is 9.53 Å². The summed E-state index contributed by atoms with van der Waals surface area (Å²) in [6.45, 7) is 5.67. The topological polar surface area (TPSA) is 72.3 Å². The predicted molar refractivity (Wildman–Crippen MR) is 93.2 cm³/mol. The van der Waals surface area contributed by atoms with Gasteiger partial charge in [0.25, 0.3) is 0 Å². The maximum Gasteiger partial charge on any atom is 0.321 e. The van der Waals surface area contributed by atoms with Crippen molar-refractivity contribution in [2.75, 3.05) is 18.4 Å². The fraction of sp³-hybridized carbons (Fsp3) is 0.500. The summed E-state index contributed by atoms with van der Waals surface area (Å²) in [6, 6.07) is 5.93. The molecule has 0 aliphatic carbocycles. The highest BCUT2D eigenvalue weighted by atomic mass is 16.5. The first-order chi connectivity index (χ1) is 12.2. The number of fused-ring (bicyclic) bond motifs is 1. The second-order valence-electron chi connectivity index (χ2n) is 6.67. The average molecular weight is 341 g/mol. The third kappa shape index (κ3) is 3.24. The second-order valence-corrected chi connectivity index (χ2v) is 6.67. The number of hydrogen-bond donors (Lipinski definition) is 1. The smallest absolute Gasteiger partial charge is 0.321 e. The van der Waals surface area contributed by atoms with Crippen LogP contribution in [0.25, 0.3) is 0 Å². The van der Waals surface area contributed by atoms with Gasteiger partial charge in [-0.1, -0.05) is 6.07 Å². The van der Waals surface area contributed by atoms with E-state index >= 15 is 0 Å². The van der Waals surface area contributed by atoms with Crippen molar-refractivity contribution in [3.8, 4) is 0 Å². The molecule has 1 saturated heterocycles. The van der Waals surface area contributed by atoms with Crippen molar-refractivity contribution in [2.45, 2.75) is 45.4 Å². The summed E-state index contributed by atoms with van der Waals surface area (Å²) >= 11 is 0. The number of carbonyl (C=O) groups excluding carboxylic acids is 1. The number of ether oxygens (including phenoxy) is 1. The number of amides is 2. The molecule has 0 unspecified atom stereocenters. The van der Waals surface area contributed by atoms with Gasteiger partial charge in [-0.2, -0.15) is 0 Å². The van der Waals surface area contributed by atoms with Gasteiger partial charge in [0.15, 0.2) is 0 Å². The second kappa shape index (κ2) is 6.84. The standard InChI is InChI=1S/C18H23N5O2/c1-2-22-12-19-21-17(22)13-4-3-7-23(9-13)18(24)20-16-6-5-14-10-25-11-15(14)8-16/h5-6,8,12-13H,2-4,7,9-11H2,1H3,(H,20,24)/t13-/m0/s1. The zero-order chi connectivity index (χ0) is 17.2. The lowest BCUT2D eigenvalue weighted by Crippen LogP contribution is -2.42. The minimum atomic E-state index is -0.0499. The normalized spacial score (nSPS) is 19.7. The van der Waals surface area contributed by atoms with Crippen LogP contribution < -0.4 is 5.32 Å². The number of anilines is 1. The molecular weight excluding hydrogens is 318 g/mol. The molecule has 1 aromatic heterocycles. The van der Waals surface area contributed by atoms with Crippen molar-refractivity contribution in [1.29, 1.82) is 0 Å². The number of aromatic nitrogens is 3. The van der Waals surface area contributed by atoms with Gasteiger partial charge < -0.3 is 19.5 Å². The predicted octanol–water partition coefficient (Wildman–Crippen LogP) is 2.74. The van der Waals surface area contributed by atoms with Crippen LogP contribution in [0, 0.1) is 0 Å². The molecule has 1 atom stereocenters. The lowest BCUT2D eigenvalue weighted by atomic mass is 9.97. The van der Waals surface area contributed by atoms with E-state index in [2.05, 4.69) is 27.0 Å². The Morgan fingerprint density at radius 2 is 2.24 bits per heavy atom. The fourth-order valence-electron chi connectivity index (χ4n) is 3.65. The molecule has 2 aliphatic heterocycles. The third-order valence-corrected chi connectivity index (χ3v) is 5.03. The molecule has 1 fully saturated rings. The Kier molecular flexibility index (Phi) is 4.40. The molecule has 1 aromatic carbocycles. The highest BCUT2D eigenvalue weighted by Gasteiger charge is 2.28. The van der Waals surface area contributed by atoms with E-state index in [1.54, 1.807) is 6.33 Å². The Hall–Kier alpha value is -2.41. The Morgan fingerprint density at radius 1 is 1.36 bits per heavy atom. The molecule has 2 amide bonds. The van der Waals surface area contributed by atoms with Gasteiger partial charge in [-0.3, -0.25) is 0 Å². The summed E-state index contributed by atoms with van der Waals surface area (Å²) in [4.78, 5) is 14.6. The van der Waals surface area contributed by atoms with Crippen molar-refractivity contribution in [3.05, 3.63) is 41.5 Å². The quantitative estimate of drug-likeness (QED) is 0.932. The largest absolute Gasteiger partial charge is 0.372 e. The highest BCUT2D eigenvalue weighted by Crippen LogP contribution is 2.27. The van der Waals surface area contributed by atoms with Crippen LogP contribution in [-0.2, 0) is 24.5 Å².